The quantitative estimate of drug-likeness (QED) is 0.765. The lowest BCUT2D eigenvalue weighted by Gasteiger charge is -2.23. The summed E-state index contributed by atoms with van der Waals surface area (Å²) in [5.41, 5.74) is 0.585. The van der Waals surface area contributed by atoms with Crippen LogP contribution in [0.2, 0.25) is 0 Å². The van der Waals surface area contributed by atoms with Crippen molar-refractivity contribution >= 4 is 23.6 Å². The van der Waals surface area contributed by atoms with Crippen LogP contribution in [0, 0.1) is 0 Å². The fourth-order valence-electron chi connectivity index (χ4n) is 2.19. The summed E-state index contributed by atoms with van der Waals surface area (Å²) in [5.74, 6) is 0.562. The van der Waals surface area contributed by atoms with E-state index in [1.54, 1.807) is 19.4 Å². The molecule has 2 heterocycles. The summed E-state index contributed by atoms with van der Waals surface area (Å²) >= 11 is 1.29. The summed E-state index contributed by atoms with van der Waals surface area (Å²) in [5, 5.41) is 11.8. The van der Waals surface area contributed by atoms with Crippen LogP contribution in [0.3, 0.4) is 0 Å². The number of aromatic nitrogens is 4. The molecule has 8 nitrogen and oxygen atoms in total. The molecule has 0 bridgehead atoms. The molecule has 2 rings (SSSR count). The largest absolute Gasteiger partial charge is 0.350 e. The minimum atomic E-state index is -0.322. The van der Waals surface area contributed by atoms with Gasteiger partial charge in [-0.15, -0.1) is 10.2 Å². The van der Waals surface area contributed by atoms with E-state index in [2.05, 4.69) is 20.5 Å². The molecule has 0 aliphatic carbocycles. The summed E-state index contributed by atoms with van der Waals surface area (Å²) in [4.78, 5) is 29.6. The summed E-state index contributed by atoms with van der Waals surface area (Å²) in [7, 11) is 3.47. The van der Waals surface area contributed by atoms with E-state index < -0.39 is 0 Å². The number of rotatable bonds is 6. The second-order valence-corrected chi connectivity index (χ2v) is 7.88. The normalized spacial score (nSPS) is 11.3. The minimum absolute atomic E-state index is 0.0255. The van der Waals surface area contributed by atoms with E-state index in [0.717, 1.165) is 5.56 Å². The minimum Gasteiger partial charge on any atom is -0.350 e. The Morgan fingerprint density at radius 1 is 1.23 bits per heavy atom. The maximum Gasteiger partial charge on any atom is 0.240 e. The first-order valence-corrected chi connectivity index (χ1v) is 9.13. The predicted molar refractivity (Wildman–Crippen MR) is 100 cm³/mol. The molecule has 0 fully saturated rings. The van der Waals surface area contributed by atoms with Crippen LogP contribution in [0.5, 0.6) is 0 Å². The first kappa shape index (κ1) is 19.9. The van der Waals surface area contributed by atoms with E-state index in [0.29, 0.717) is 11.0 Å². The van der Waals surface area contributed by atoms with Crippen molar-refractivity contribution in [1.82, 2.24) is 30.0 Å². The van der Waals surface area contributed by atoms with Gasteiger partial charge in [0, 0.05) is 37.6 Å². The number of thioether (sulfide) groups is 1. The van der Waals surface area contributed by atoms with Crippen molar-refractivity contribution in [2.45, 2.75) is 31.5 Å². The molecular formula is C17H24N6O2S. The number of hydrogen-bond donors (Lipinski definition) is 1. The Kier molecular flexibility index (Phi) is 6.36. The van der Waals surface area contributed by atoms with Crippen LogP contribution < -0.4 is 5.32 Å². The maximum absolute atomic E-state index is 12.3. The smallest absolute Gasteiger partial charge is 0.240 e. The number of pyridine rings is 1. The Morgan fingerprint density at radius 2 is 1.88 bits per heavy atom. The Labute approximate surface area is 157 Å². The van der Waals surface area contributed by atoms with Crippen molar-refractivity contribution < 1.29 is 9.59 Å². The standard InChI is InChI=1S/C17H24N6O2S/c1-17(2,3)19-13(24)10-22(4)14(25)11-26-16-21-20-15(23(16)5)12-6-8-18-9-7-12/h6-9H,10-11H2,1-5H3,(H,19,24). The summed E-state index contributed by atoms with van der Waals surface area (Å²) < 4.78 is 1.83. The van der Waals surface area contributed by atoms with Gasteiger partial charge in [0.2, 0.25) is 11.8 Å². The molecule has 0 aliphatic rings. The molecule has 1 N–H and O–H groups in total. The van der Waals surface area contributed by atoms with Crippen LogP contribution in [0.15, 0.2) is 29.7 Å². The molecule has 2 aromatic rings. The maximum atomic E-state index is 12.3. The lowest BCUT2D eigenvalue weighted by molar-refractivity contribution is -0.133. The van der Waals surface area contributed by atoms with E-state index in [1.807, 2.05) is 44.5 Å². The highest BCUT2D eigenvalue weighted by Gasteiger charge is 2.19. The van der Waals surface area contributed by atoms with E-state index in [4.69, 9.17) is 0 Å². The molecule has 0 saturated heterocycles. The molecule has 0 unspecified atom stereocenters. The fraction of sp³-hybridized carbons (Fsp3) is 0.471. The third-order valence-corrected chi connectivity index (χ3v) is 4.42. The van der Waals surface area contributed by atoms with Crippen LogP contribution in [0.1, 0.15) is 20.8 Å². The first-order chi connectivity index (χ1) is 12.2. The molecule has 0 atom stereocenters. The van der Waals surface area contributed by atoms with Gasteiger partial charge in [0.1, 0.15) is 0 Å². The highest BCUT2D eigenvalue weighted by Crippen LogP contribution is 2.22. The first-order valence-electron chi connectivity index (χ1n) is 8.15. The summed E-state index contributed by atoms with van der Waals surface area (Å²) in [6.07, 6.45) is 3.38. The van der Waals surface area contributed by atoms with Gasteiger partial charge in [0.15, 0.2) is 11.0 Å². The van der Waals surface area contributed by atoms with Gasteiger partial charge in [0.05, 0.1) is 12.3 Å². The van der Waals surface area contributed by atoms with Crippen molar-refractivity contribution in [3.8, 4) is 11.4 Å². The van der Waals surface area contributed by atoms with Crippen molar-refractivity contribution in [1.29, 1.82) is 0 Å². The second kappa shape index (κ2) is 8.31. The van der Waals surface area contributed by atoms with E-state index in [9.17, 15) is 9.59 Å². The van der Waals surface area contributed by atoms with Gasteiger partial charge in [-0.2, -0.15) is 0 Å². The van der Waals surface area contributed by atoms with E-state index >= 15 is 0 Å². The molecule has 0 aromatic carbocycles. The van der Waals surface area contributed by atoms with Gasteiger partial charge in [-0.1, -0.05) is 11.8 Å². The van der Waals surface area contributed by atoms with Crippen LogP contribution in [0.25, 0.3) is 11.4 Å². The highest BCUT2D eigenvalue weighted by atomic mass is 32.2. The van der Waals surface area contributed by atoms with Crippen molar-refractivity contribution in [3.63, 3.8) is 0 Å². The fourth-order valence-corrected chi connectivity index (χ4v) is 3.04. The third kappa shape index (κ3) is 5.55. The third-order valence-electron chi connectivity index (χ3n) is 3.42. The van der Waals surface area contributed by atoms with Gasteiger partial charge in [0.25, 0.3) is 0 Å². The van der Waals surface area contributed by atoms with E-state index in [-0.39, 0.29) is 29.7 Å². The lowest BCUT2D eigenvalue weighted by Crippen LogP contribution is -2.46. The number of hydrogen-bond acceptors (Lipinski definition) is 6. The monoisotopic (exact) mass is 376 g/mol. The molecule has 2 aromatic heterocycles. The number of carbonyl (C=O) groups is 2. The number of carbonyl (C=O) groups excluding carboxylic acids is 2. The van der Waals surface area contributed by atoms with E-state index in [1.165, 1.54) is 16.7 Å². The highest BCUT2D eigenvalue weighted by molar-refractivity contribution is 7.99. The van der Waals surface area contributed by atoms with Crippen LogP contribution in [-0.4, -0.2) is 61.3 Å². The van der Waals surface area contributed by atoms with Crippen molar-refractivity contribution in [2.24, 2.45) is 7.05 Å². The zero-order valence-corrected chi connectivity index (χ0v) is 16.5. The van der Waals surface area contributed by atoms with Crippen molar-refractivity contribution in [3.05, 3.63) is 24.5 Å². The summed E-state index contributed by atoms with van der Waals surface area (Å²) in [6.45, 7) is 5.73. The Bertz CT molecular complexity index is 769. The Hall–Kier alpha value is -2.42. The number of amides is 2. The molecule has 2 amide bonds. The SMILES string of the molecule is CN(CC(=O)NC(C)(C)C)C(=O)CSc1nnc(-c2ccncc2)n1C. The van der Waals surface area contributed by atoms with Gasteiger partial charge >= 0.3 is 0 Å². The van der Waals surface area contributed by atoms with Crippen LogP contribution >= 0.6 is 11.8 Å². The number of nitrogens with zero attached hydrogens (tertiary/aromatic N) is 5. The van der Waals surface area contributed by atoms with Gasteiger partial charge < -0.3 is 14.8 Å². The summed E-state index contributed by atoms with van der Waals surface area (Å²) in [6, 6.07) is 3.70. The average Bonchev–Trinajstić information content (AvgIpc) is 2.92. The van der Waals surface area contributed by atoms with Crippen LogP contribution in [0.4, 0.5) is 0 Å². The van der Waals surface area contributed by atoms with Gasteiger partial charge in [-0.3, -0.25) is 14.6 Å². The molecule has 0 spiro atoms. The molecule has 0 saturated carbocycles. The molecule has 0 aliphatic heterocycles. The second-order valence-electron chi connectivity index (χ2n) is 6.94. The van der Waals surface area contributed by atoms with Gasteiger partial charge in [-0.05, 0) is 32.9 Å². The number of likely N-dealkylation sites (N-methyl/N-ethyl adjacent to an activating group) is 1. The topological polar surface area (TPSA) is 93.0 Å². The molecule has 9 heteroatoms. The number of nitrogens with one attached hydrogen (secondary N) is 1. The lowest BCUT2D eigenvalue weighted by atomic mass is 10.1. The van der Waals surface area contributed by atoms with Crippen molar-refractivity contribution in [2.75, 3.05) is 19.3 Å². The Morgan fingerprint density at radius 3 is 2.50 bits per heavy atom. The predicted octanol–water partition coefficient (Wildman–Crippen LogP) is 1.34. The molecule has 26 heavy (non-hydrogen) atoms. The Balaban J connectivity index is 1.91. The molecule has 0 radical (unpaired) electrons. The van der Waals surface area contributed by atoms with Crippen LogP contribution in [-0.2, 0) is 16.6 Å². The molecular weight excluding hydrogens is 352 g/mol. The molecule has 140 valence electrons. The average molecular weight is 376 g/mol. The zero-order chi connectivity index (χ0) is 19.3. The zero-order valence-electron chi connectivity index (χ0n) is 15.7. The van der Waals surface area contributed by atoms with Gasteiger partial charge in [-0.25, -0.2) is 0 Å².